The van der Waals surface area contributed by atoms with Gasteiger partial charge in [0.2, 0.25) is 0 Å². The molecular formula is C17H13BrFNO4. The van der Waals surface area contributed by atoms with Gasteiger partial charge < -0.3 is 10.1 Å². The molecule has 0 fully saturated rings. The molecule has 0 aliphatic rings. The van der Waals surface area contributed by atoms with E-state index in [0.717, 1.165) is 6.07 Å². The summed E-state index contributed by atoms with van der Waals surface area (Å²) in [6.45, 7) is 0.924. The predicted octanol–water partition coefficient (Wildman–Crippen LogP) is 3.59. The minimum Gasteiger partial charge on any atom is -0.452 e. The molecule has 2 aromatic carbocycles. The minimum absolute atomic E-state index is 0.00592. The molecule has 0 atom stereocenters. The van der Waals surface area contributed by atoms with Crippen molar-refractivity contribution < 1.29 is 23.5 Å². The summed E-state index contributed by atoms with van der Waals surface area (Å²) >= 11 is 3.11. The zero-order chi connectivity index (χ0) is 17.7. The summed E-state index contributed by atoms with van der Waals surface area (Å²) in [7, 11) is 0. The van der Waals surface area contributed by atoms with E-state index in [1.165, 1.54) is 19.1 Å². The molecule has 2 aromatic rings. The van der Waals surface area contributed by atoms with Crippen LogP contribution in [-0.4, -0.2) is 24.3 Å². The Kier molecular flexibility index (Phi) is 5.81. The van der Waals surface area contributed by atoms with Gasteiger partial charge in [0.15, 0.2) is 12.4 Å². The number of rotatable bonds is 5. The first-order chi connectivity index (χ1) is 11.4. The van der Waals surface area contributed by atoms with Gasteiger partial charge in [0.1, 0.15) is 5.82 Å². The van der Waals surface area contributed by atoms with E-state index in [2.05, 4.69) is 21.2 Å². The van der Waals surface area contributed by atoms with E-state index in [1.807, 2.05) is 0 Å². The van der Waals surface area contributed by atoms with E-state index in [0.29, 0.717) is 15.7 Å². The van der Waals surface area contributed by atoms with Crippen LogP contribution in [0.4, 0.5) is 10.1 Å². The summed E-state index contributed by atoms with van der Waals surface area (Å²) in [5.41, 5.74) is 0.983. The maximum atomic E-state index is 13.2. The first-order valence-electron chi connectivity index (χ1n) is 6.90. The number of Topliss-reactive ketones (excluding diaryl/α,β-unsaturated/α-hetero) is 1. The maximum Gasteiger partial charge on any atom is 0.339 e. The fourth-order valence-electron chi connectivity index (χ4n) is 1.85. The molecule has 0 aromatic heterocycles. The van der Waals surface area contributed by atoms with Gasteiger partial charge in [-0.3, -0.25) is 9.59 Å². The molecule has 0 bridgehead atoms. The van der Waals surface area contributed by atoms with Crippen molar-refractivity contribution in [2.75, 3.05) is 11.9 Å². The first kappa shape index (κ1) is 17.8. The van der Waals surface area contributed by atoms with Gasteiger partial charge in [-0.15, -0.1) is 0 Å². The molecule has 24 heavy (non-hydrogen) atoms. The van der Waals surface area contributed by atoms with Crippen molar-refractivity contribution in [2.45, 2.75) is 6.92 Å². The molecule has 7 heteroatoms. The van der Waals surface area contributed by atoms with Crippen LogP contribution in [0.2, 0.25) is 0 Å². The van der Waals surface area contributed by atoms with E-state index < -0.39 is 24.3 Å². The van der Waals surface area contributed by atoms with E-state index in [1.54, 1.807) is 24.3 Å². The van der Waals surface area contributed by atoms with Gasteiger partial charge in [0.25, 0.3) is 5.91 Å². The monoisotopic (exact) mass is 393 g/mol. The van der Waals surface area contributed by atoms with Crippen molar-refractivity contribution >= 4 is 39.3 Å². The molecule has 0 saturated heterocycles. The van der Waals surface area contributed by atoms with Crippen LogP contribution in [0.1, 0.15) is 27.6 Å². The third-order valence-electron chi connectivity index (χ3n) is 3.06. The Hall–Kier alpha value is -2.54. The number of anilines is 1. The van der Waals surface area contributed by atoms with Gasteiger partial charge in [-0.05, 0) is 65.3 Å². The number of nitrogens with one attached hydrogen (secondary N) is 1. The zero-order valence-corrected chi connectivity index (χ0v) is 14.2. The summed E-state index contributed by atoms with van der Waals surface area (Å²) < 4.78 is 18.4. The van der Waals surface area contributed by atoms with Crippen LogP contribution >= 0.6 is 15.9 Å². The number of hydrogen-bond acceptors (Lipinski definition) is 4. The van der Waals surface area contributed by atoms with Gasteiger partial charge in [-0.25, -0.2) is 9.18 Å². The standard InChI is InChI=1S/C17H13BrFNO4/c1-10(21)11-2-5-13(6-3-11)20-16(22)9-24-17(23)14-8-12(19)4-7-15(14)18/h2-8H,9H2,1H3,(H,20,22). The Morgan fingerprint density at radius 2 is 1.79 bits per heavy atom. The minimum atomic E-state index is -0.816. The van der Waals surface area contributed by atoms with Crippen LogP contribution in [-0.2, 0) is 9.53 Å². The predicted molar refractivity (Wildman–Crippen MR) is 89.5 cm³/mol. The Balaban J connectivity index is 1.92. The van der Waals surface area contributed by atoms with Crippen LogP contribution in [0.15, 0.2) is 46.9 Å². The lowest BCUT2D eigenvalue weighted by atomic mass is 10.1. The molecule has 0 spiro atoms. The zero-order valence-electron chi connectivity index (χ0n) is 12.6. The van der Waals surface area contributed by atoms with Gasteiger partial charge in [0, 0.05) is 15.7 Å². The van der Waals surface area contributed by atoms with Gasteiger partial charge in [-0.2, -0.15) is 0 Å². The van der Waals surface area contributed by atoms with Crippen LogP contribution in [0, 0.1) is 5.82 Å². The fourth-order valence-corrected chi connectivity index (χ4v) is 2.26. The highest BCUT2D eigenvalue weighted by Crippen LogP contribution is 2.18. The number of hydrogen-bond donors (Lipinski definition) is 1. The number of benzene rings is 2. The highest BCUT2D eigenvalue weighted by atomic mass is 79.9. The van der Waals surface area contributed by atoms with Crippen LogP contribution in [0.25, 0.3) is 0 Å². The second kappa shape index (κ2) is 7.83. The Bertz CT molecular complexity index is 790. The topological polar surface area (TPSA) is 72.5 Å². The average molecular weight is 394 g/mol. The lowest BCUT2D eigenvalue weighted by Gasteiger charge is -2.08. The molecule has 0 saturated carbocycles. The molecule has 0 heterocycles. The molecule has 2 rings (SSSR count). The Labute approximate surface area is 145 Å². The number of amides is 1. The second-order valence-corrected chi connectivity index (χ2v) is 5.74. The highest BCUT2D eigenvalue weighted by Gasteiger charge is 2.14. The molecule has 1 N–H and O–H groups in total. The molecule has 0 radical (unpaired) electrons. The molecule has 124 valence electrons. The van der Waals surface area contributed by atoms with Gasteiger partial charge in [0.05, 0.1) is 5.56 Å². The number of ketones is 1. The third kappa shape index (κ3) is 4.73. The number of halogens is 2. The number of ether oxygens (including phenoxy) is 1. The molecule has 5 nitrogen and oxygen atoms in total. The molecule has 0 unspecified atom stereocenters. The quantitative estimate of drug-likeness (QED) is 0.622. The van der Waals surface area contributed by atoms with Crippen molar-refractivity contribution in [3.63, 3.8) is 0 Å². The lowest BCUT2D eigenvalue weighted by molar-refractivity contribution is -0.119. The number of carbonyl (C=O) groups excluding carboxylic acids is 3. The molecule has 0 aliphatic carbocycles. The highest BCUT2D eigenvalue weighted by molar-refractivity contribution is 9.10. The lowest BCUT2D eigenvalue weighted by Crippen LogP contribution is -2.21. The molecular weight excluding hydrogens is 381 g/mol. The Morgan fingerprint density at radius 1 is 1.12 bits per heavy atom. The largest absolute Gasteiger partial charge is 0.452 e. The number of carbonyl (C=O) groups is 3. The van der Waals surface area contributed by atoms with Gasteiger partial charge >= 0.3 is 5.97 Å². The maximum absolute atomic E-state index is 13.2. The first-order valence-corrected chi connectivity index (χ1v) is 7.69. The summed E-state index contributed by atoms with van der Waals surface area (Å²) in [5.74, 6) is -2.03. The second-order valence-electron chi connectivity index (χ2n) is 4.88. The van der Waals surface area contributed by atoms with Crippen molar-refractivity contribution in [1.29, 1.82) is 0 Å². The van der Waals surface area contributed by atoms with Crippen molar-refractivity contribution in [1.82, 2.24) is 0 Å². The van der Waals surface area contributed by atoms with Crippen molar-refractivity contribution in [3.8, 4) is 0 Å². The molecule has 0 aliphatic heterocycles. The third-order valence-corrected chi connectivity index (χ3v) is 3.75. The SMILES string of the molecule is CC(=O)c1ccc(NC(=O)COC(=O)c2cc(F)ccc2Br)cc1. The fraction of sp³-hybridized carbons (Fsp3) is 0.118. The van der Waals surface area contributed by atoms with Crippen LogP contribution in [0.3, 0.4) is 0 Å². The van der Waals surface area contributed by atoms with E-state index in [9.17, 15) is 18.8 Å². The van der Waals surface area contributed by atoms with E-state index >= 15 is 0 Å². The summed E-state index contributed by atoms with van der Waals surface area (Å²) in [6, 6.07) is 9.88. The van der Waals surface area contributed by atoms with Crippen LogP contribution in [0.5, 0.6) is 0 Å². The summed E-state index contributed by atoms with van der Waals surface area (Å²) in [5, 5.41) is 2.53. The van der Waals surface area contributed by atoms with Crippen molar-refractivity contribution in [2.24, 2.45) is 0 Å². The smallest absolute Gasteiger partial charge is 0.339 e. The normalized spacial score (nSPS) is 10.1. The van der Waals surface area contributed by atoms with Gasteiger partial charge in [-0.1, -0.05) is 0 Å². The van der Waals surface area contributed by atoms with Crippen molar-refractivity contribution in [3.05, 3.63) is 63.9 Å². The average Bonchev–Trinajstić information content (AvgIpc) is 2.55. The van der Waals surface area contributed by atoms with Crippen LogP contribution < -0.4 is 5.32 Å². The number of esters is 1. The Morgan fingerprint density at radius 3 is 2.42 bits per heavy atom. The van der Waals surface area contributed by atoms with E-state index in [-0.39, 0.29) is 11.3 Å². The molecule has 1 amide bonds. The summed E-state index contributed by atoms with van der Waals surface area (Å²) in [6.07, 6.45) is 0. The summed E-state index contributed by atoms with van der Waals surface area (Å²) in [4.78, 5) is 34.8. The van der Waals surface area contributed by atoms with E-state index in [4.69, 9.17) is 4.74 Å².